The van der Waals surface area contributed by atoms with Gasteiger partial charge in [-0.15, -0.1) is 11.3 Å². The number of hydrogen-bond acceptors (Lipinski definition) is 4. The van der Waals surface area contributed by atoms with Crippen LogP contribution in [0.2, 0.25) is 0 Å². The van der Waals surface area contributed by atoms with Crippen LogP contribution in [0.15, 0.2) is 6.07 Å². The van der Waals surface area contributed by atoms with E-state index in [9.17, 15) is 4.79 Å². The highest BCUT2D eigenvalue weighted by atomic mass is 32.2. The van der Waals surface area contributed by atoms with Crippen LogP contribution in [-0.4, -0.2) is 24.2 Å². The average Bonchev–Trinajstić information content (AvgIpc) is 3.14. The maximum absolute atomic E-state index is 12.0. The van der Waals surface area contributed by atoms with Crippen molar-refractivity contribution in [2.75, 3.05) is 12.3 Å². The fraction of sp³-hybridized carbons (Fsp3) is 0.615. The maximum Gasteiger partial charge on any atom is 0.261 e. The van der Waals surface area contributed by atoms with Crippen LogP contribution in [0.25, 0.3) is 0 Å². The van der Waals surface area contributed by atoms with E-state index in [0.29, 0.717) is 12.5 Å². The van der Waals surface area contributed by atoms with E-state index in [1.807, 2.05) is 11.8 Å². The zero-order chi connectivity index (χ0) is 12.5. The SMILES string of the molecule is NC(CNC(=O)c1cc2c(s1)CCSC2)C1CC1. The zero-order valence-electron chi connectivity index (χ0n) is 10.3. The molecule has 3 rings (SSSR count). The number of amides is 1. The summed E-state index contributed by atoms with van der Waals surface area (Å²) in [5.74, 6) is 2.93. The molecule has 1 aliphatic heterocycles. The summed E-state index contributed by atoms with van der Waals surface area (Å²) in [7, 11) is 0. The Morgan fingerprint density at radius 1 is 1.56 bits per heavy atom. The first kappa shape index (κ1) is 12.5. The van der Waals surface area contributed by atoms with Crippen molar-refractivity contribution in [2.45, 2.75) is 31.1 Å². The molecular formula is C13H18N2OS2. The Hall–Kier alpha value is -0.520. The molecule has 3 nitrogen and oxygen atoms in total. The number of carbonyl (C=O) groups excluding carboxylic acids is 1. The standard InChI is InChI=1S/C13H18N2OS2/c14-10(8-1-2-8)6-15-13(16)12-5-9-7-17-4-3-11(9)18-12/h5,8,10H,1-4,6-7,14H2,(H,15,16). The minimum Gasteiger partial charge on any atom is -0.350 e. The van der Waals surface area contributed by atoms with Crippen molar-refractivity contribution in [1.82, 2.24) is 5.32 Å². The van der Waals surface area contributed by atoms with Gasteiger partial charge in [0.1, 0.15) is 0 Å². The van der Waals surface area contributed by atoms with Crippen LogP contribution < -0.4 is 11.1 Å². The number of hydrogen-bond donors (Lipinski definition) is 2. The average molecular weight is 282 g/mol. The summed E-state index contributed by atoms with van der Waals surface area (Å²) in [6, 6.07) is 2.20. The number of carbonyl (C=O) groups is 1. The van der Waals surface area contributed by atoms with Gasteiger partial charge in [0.15, 0.2) is 0 Å². The van der Waals surface area contributed by atoms with Gasteiger partial charge in [-0.3, -0.25) is 4.79 Å². The molecule has 0 bridgehead atoms. The number of nitrogens with two attached hydrogens (primary N) is 1. The Bertz CT molecular complexity index is 430. The molecule has 1 aliphatic carbocycles. The van der Waals surface area contributed by atoms with E-state index in [0.717, 1.165) is 17.1 Å². The second-order valence-electron chi connectivity index (χ2n) is 5.07. The van der Waals surface area contributed by atoms with Crippen LogP contribution in [0.5, 0.6) is 0 Å². The summed E-state index contributed by atoms with van der Waals surface area (Å²) >= 11 is 3.60. The summed E-state index contributed by atoms with van der Waals surface area (Å²) in [4.78, 5) is 14.3. The monoisotopic (exact) mass is 282 g/mol. The van der Waals surface area contributed by atoms with Crippen molar-refractivity contribution in [3.63, 3.8) is 0 Å². The zero-order valence-corrected chi connectivity index (χ0v) is 11.9. The van der Waals surface area contributed by atoms with Crippen molar-refractivity contribution in [1.29, 1.82) is 0 Å². The highest BCUT2D eigenvalue weighted by Crippen LogP contribution is 2.32. The molecule has 5 heteroatoms. The van der Waals surface area contributed by atoms with E-state index in [-0.39, 0.29) is 11.9 Å². The topological polar surface area (TPSA) is 55.1 Å². The first-order valence-electron chi connectivity index (χ1n) is 6.47. The lowest BCUT2D eigenvalue weighted by Crippen LogP contribution is -2.38. The van der Waals surface area contributed by atoms with E-state index in [1.54, 1.807) is 11.3 Å². The van der Waals surface area contributed by atoms with E-state index in [2.05, 4.69) is 11.4 Å². The van der Waals surface area contributed by atoms with Crippen LogP contribution in [0.3, 0.4) is 0 Å². The van der Waals surface area contributed by atoms with Gasteiger partial charge >= 0.3 is 0 Å². The molecule has 1 atom stereocenters. The molecule has 18 heavy (non-hydrogen) atoms. The number of aryl methyl sites for hydroxylation is 1. The van der Waals surface area contributed by atoms with Gasteiger partial charge in [-0.05, 0) is 42.6 Å². The van der Waals surface area contributed by atoms with Gasteiger partial charge in [-0.1, -0.05) is 0 Å². The second-order valence-corrected chi connectivity index (χ2v) is 7.31. The largest absolute Gasteiger partial charge is 0.350 e. The van der Waals surface area contributed by atoms with Gasteiger partial charge in [0.2, 0.25) is 0 Å². The van der Waals surface area contributed by atoms with Crippen molar-refractivity contribution in [3.8, 4) is 0 Å². The van der Waals surface area contributed by atoms with E-state index in [1.165, 1.54) is 29.0 Å². The first-order valence-corrected chi connectivity index (χ1v) is 8.44. The molecule has 0 saturated heterocycles. The van der Waals surface area contributed by atoms with Crippen LogP contribution in [-0.2, 0) is 12.2 Å². The van der Waals surface area contributed by atoms with Gasteiger partial charge in [0.25, 0.3) is 5.91 Å². The molecule has 1 amide bonds. The lowest BCUT2D eigenvalue weighted by atomic mass is 10.2. The van der Waals surface area contributed by atoms with Gasteiger partial charge in [0, 0.05) is 23.2 Å². The van der Waals surface area contributed by atoms with Gasteiger partial charge < -0.3 is 11.1 Å². The molecule has 2 heterocycles. The van der Waals surface area contributed by atoms with Gasteiger partial charge in [-0.25, -0.2) is 0 Å². The van der Waals surface area contributed by atoms with Crippen molar-refractivity contribution >= 4 is 29.0 Å². The number of fused-ring (bicyclic) bond motifs is 1. The first-order chi connectivity index (χ1) is 8.74. The third kappa shape index (κ3) is 2.73. The fourth-order valence-corrected chi connectivity index (χ4v) is 4.54. The Morgan fingerprint density at radius 3 is 3.11 bits per heavy atom. The quantitative estimate of drug-likeness (QED) is 0.888. The lowest BCUT2D eigenvalue weighted by Gasteiger charge is -2.10. The smallest absolute Gasteiger partial charge is 0.261 e. The summed E-state index contributed by atoms with van der Waals surface area (Å²) in [5.41, 5.74) is 7.34. The molecule has 1 unspecified atom stereocenters. The fourth-order valence-electron chi connectivity index (χ4n) is 2.25. The Morgan fingerprint density at radius 2 is 2.39 bits per heavy atom. The summed E-state index contributed by atoms with van der Waals surface area (Å²) in [6.45, 7) is 0.612. The third-order valence-corrected chi connectivity index (χ3v) is 5.82. The predicted molar refractivity (Wildman–Crippen MR) is 77.2 cm³/mol. The molecule has 0 radical (unpaired) electrons. The van der Waals surface area contributed by atoms with E-state index < -0.39 is 0 Å². The predicted octanol–water partition coefficient (Wildman–Crippen LogP) is 2.00. The van der Waals surface area contributed by atoms with Crippen LogP contribution >= 0.6 is 23.1 Å². The van der Waals surface area contributed by atoms with Gasteiger partial charge in [0.05, 0.1) is 4.88 Å². The summed E-state index contributed by atoms with van der Waals surface area (Å²) in [5, 5.41) is 2.97. The Kier molecular flexibility index (Phi) is 3.63. The number of thioether (sulfide) groups is 1. The Balaban J connectivity index is 1.59. The normalized spacial score (nSPS) is 20.3. The number of nitrogens with one attached hydrogen (secondary N) is 1. The summed E-state index contributed by atoms with van der Waals surface area (Å²) < 4.78 is 0. The van der Waals surface area contributed by atoms with Crippen molar-refractivity contribution in [2.24, 2.45) is 11.7 Å². The molecule has 0 aromatic carbocycles. The molecule has 1 saturated carbocycles. The summed E-state index contributed by atoms with van der Waals surface area (Å²) in [6.07, 6.45) is 3.56. The molecule has 3 N–H and O–H groups in total. The second kappa shape index (κ2) is 5.23. The molecule has 1 aromatic heterocycles. The Labute approximate surface area is 116 Å². The van der Waals surface area contributed by atoms with Crippen LogP contribution in [0, 0.1) is 5.92 Å². The van der Waals surface area contributed by atoms with E-state index >= 15 is 0 Å². The number of thiophene rings is 1. The van der Waals surface area contributed by atoms with E-state index in [4.69, 9.17) is 5.73 Å². The lowest BCUT2D eigenvalue weighted by molar-refractivity contribution is 0.0954. The molecule has 1 fully saturated rings. The molecular weight excluding hydrogens is 264 g/mol. The highest BCUT2D eigenvalue weighted by molar-refractivity contribution is 7.98. The number of rotatable bonds is 4. The molecule has 98 valence electrons. The highest BCUT2D eigenvalue weighted by Gasteiger charge is 2.28. The molecule has 0 spiro atoms. The molecule has 1 aromatic rings. The van der Waals surface area contributed by atoms with Crippen LogP contribution in [0.1, 0.15) is 33.0 Å². The molecule has 2 aliphatic rings. The minimum absolute atomic E-state index is 0.0514. The third-order valence-electron chi connectivity index (χ3n) is 3.58. The minimum atomic E-state index is 0.0514. The van der Waals surface area contributed by atoms with Crippen molar-refractivity contribution in [3.05, 3.63) is 21.4 Å². The maximum atomic E-state index is 12.0. The van der Waals surface area contributed by atoms with Gasteiger partial charge in [-0.2, -0.15) is 11.8 Å². The van der Waals surface area contributed by atoms with Crippen LogP contribution in [0.4, 0.5) is 0 Å². The van der Waals surface area contributed by atoms with Crippen molar-refractivity contribution < 1.29 is 4.79 Å².